The molecule has 2 rings (SSSR count). The average molecular weight is 231 g/mol. The quantitative estimate of drug-likeness (QED) is 0.880. The van der Waals surface area contributed by atoms with Crippen LogP contribution in [0.25, 0.3) is 11.0 Å². The first-order valence-corrected chi connectivity index (χ1v) is 6.15. The minimum Gasteiger partial charge on any atom is -0.326 e. The Morgan fingerprint density at radius 2 is 1.82 bits per heavy atom. The number of fused-ring (bicyclic) bond motifs is 1. The van der Waals surface area contributed by atoms with Gasteiger partial charge in [0.05, 0.1) is 17.4 Å². The van der Waals surface area contributed by atoms with E-state index in [1.807, 2.05) is 13.4 Å². The first kappa shape index (κ1) is 12.1. The van der Waals surface area contributed by atoms with E-state index in [4.69, 9.17) is 0 Å². The number of nitrogens with zero attached hydrogens (tertiary/aromatic N) is 2. The summed E-state index contributed by atoms with van der Waals surface area (Å²) in [6.45, 7) is 8.70. The molecule has 17 heavy (non-hydrogen) atoms. The molecule has 0 radical (unpaired) electrons. The molecule has 1 heterocycles. The van der Waals surface area contributed by atoms with Gasteiger partial charge in [0.2, 0.25) is 0 Å². The minimum absolute atomic E-state index is 0.395. The zero-order valence-electron chi connectivity index (χ0n) is 11.3. The van der Waals surface area contributed by atoms with Crippen molar-refractivity contribution in [3.63, 3.8) is 0 Å². The number of imidazole rings is 1. The lowest BCUT2D eigenvalue weighted by Gasteiger charge is -2.21. The van der Waals surface area contributed by atoms with E-state index in [2.05, 4.69) is 54.7 Å². The fourth-order valence-electron chi connectivity index (χ4n) is 2.09. The predicted molar refractivity (Wildman–Crippen MR) is 72.4 cm³/mol. The van der Waals surface area contributed by atoms with Crippen molar-refractivity contribution in [1.82, 2.24) is 14.9 Å². The fraction of sp³-hybridized carbons (Fsp3) is 0.500. The second-order valence-corrected chi connectivity index (χ2v) is 4.89. The van der Waals surface area contributed by atoms with E-state index in [1.54, 1.807) is 0 Å². The molecule has 1 aromatic carbocycles. The zero-order chi connectivity index (χ0) is 12.6. The first-order valence-electron chi connectivity index (χ1n) is 6.15. The van der Waals surface area contributed by atoms with Crippen LogP contribution >= 0.6 is 0 Å². The Bertz CT molecular complexity index is 527. The Labute approximate surface area is 103 Å². The van der Waals surface area contributed by atoms with Crippen LogP contribution in [0.1, 0.15) is 31.0 Å². The Morgan fingerprint density at radius 1 is 1.18 bits per heavy atom. The maximum Gasteiger partial charge on any atom is 0.0961 e. The second-order valence-electron chi connectivity index (χ2n) is 4.89. The van der Waals surface area contributed by atoms with Crippen LogP contribution in [0.3, 0.4) is 0 Å². The van der Waals surface area contributed by atoms with Crippen molar-refractivity contribution >= 4 is 11.0 Å². The normalized spacial score (nSPS) is 15.1. The fourth-order valence-corrected chi connectivity index (χ4v) is 2.09. The van der Waals surface area contributed by atoms with Crippen molar-refractivity contribution in [2.75, 3.05) is 7.05 Å². The molecule has 2 aromatic rings. The summed E-state index contributed by atoms with van der Waals surface area (Å²) < 4.78 is 2.25. The highest BCUT2D eigenvalue weighted by Crippen LogP contribution is 2.22. The highest BCUT2D eigenvalue weighted by atomic mass is 15.1. The van der Waals surface area contributed by atoms with Gasteiger partial charge < -0.3 is 9.88 Å². The lowest BCUT2D eigenvalue weighted by Crippen LogP contribution is -2.30. The van der Waals surface area contributed by atoms with Gasteiger partial charge in [-0.1, -0.05) is 0 Å². The maximum absolute atomic E-state index is 4.49. The lowest BCUT2D eigenvalue weighted by atomic mass is 10.1. The molecule has 92 valence electrons. The highest BCUT2D eigenvalue weighted by molar-refractivity contribution is 5.77. The van der Waals surface area contributed by atoms with Crippen LogP contribution in [-0.4, -0.2) is 22.6 Å². The van der Waals surface area contributed by atoms with Gasteiger partial charge in [0, 0.05) is 12.1 Å². The van der Waals surface area contributed by atoms with E-state index in [0.717, 1.165) is 5.52 Å². The summed E-state index contributed by atoms with van der Waals surface area (Å²) in [4.78, 5) is 4.49. The molecular weight excluding hydrogens is 210 g/mol. The maximum atomic E-state index is 4.49. The van der Waals surface area contributed by atoms with Crippen molar-refractivity contribution in [3.05, 3.63) is 29.6 Å². The van der Waals surface area contributed by atoms with Crippen molar-refractivity contribution in [3.8, 4) is 0 Å². The van der Waals surface area contributed by atoms with Crippen molar-refractivity contribution in [1.29, 1.82) is 0 Å². The van der Waals surface area contributed by atoms with Crippen LogP contribution in [0.4, 0.5) is 0 Å². The number of hydrogen-bond donors (Lipinski definition) is 1. The lowest BCUT2D eigenvalue weighted by molar-refractivity contribution is 0.423. The van der Waals surface area contributed by atoms with Gasteiger partial charge in [-0.15, -0.1) is 0 Å². The summed E-state index contributed by atoms with van der Waals surface area (Å²) in [6, 6.07) is 5.22. The average Bonchev–Trinajstić information content (AvgIpc) is 2.70. The summed E-state index contributed by atoms with van der Waals surface area (Å²) >= 11 is 0. The summed E-state index contributed by atoms with van der Waals surface area (Å²) in [5.41, 5.74) is 4.94. The molecule has 3 heteroatoms. The molecule has 2 unspecified atom stereocenters. The molecular formula is C14H21N3. The minimum atomic E-state index is 0.395. The molecule has 0 bridgehead atoms. The van der Waals surface area contributed by atoms with Crippen molar-refractivity contribution in [2.24, 2.45) is 0 Å². The van der Waals surface area contributed by atoms with Crippen LogP contribution in [0.5, 0.6) is 0 Å². The zero-order valence-corrected chi connectivity index (χ0v) is 11.3. The van der Waals surface area contributed by atoms with Crippen LogP contribution in [-0.2, 0) is 0 Å². The molecule has 0 fully saturated rings. The van der Waals surface area contributed by atoms with E-state index < -0.39 is 0 Å². The summed E-state index contributed by atoms with van der Waals surface area (Å²) in [5, 5.41) is 3.30. The number of likely N-dealkylation sites (N-methyl/N-ethyl adjacent to an activating group) is 1. The Balaban J connectivity index is 2.52. The van der Waals surface area contributed by atoms with E-state index >= 15 is 0 Å². The molecule has 0 saturated heterocycles. The SMILES string of the molecule is CNC(C)C(C)n1cnc2cc(C)c(C)cc21. The van der Waals surface area contributed by atoms with E-state index in [0.29, 0.717) is 12.1 Å². The van der Waals surface area contributed by atoms with Gasteiger partial charge >= 0.3 is 0 Å². The second kappa shape index (κ2) is 4.49. The number of hydrogen-bond acceptors (Lipinski definition) is 2. The predicted octanol–water partition coefficient (Wildman–Crippen LogP) is 2.82. The summed E-state index contributed by atoms with van der Waals surface area (Å²) in [7, 11) is 2.00. The molecule has 0 spiro atoms. The number of aryl methyl sites for hydroxylation is 2. The van der Waals surface area contributed by atoms with Crippen LogP contribution in [0.2, 0.25) is 0 Å². The van der Waals surface area contributed by atoms with Crippen molar-refractivity contribution < 1.29 is 0 Å². The molecule has 0 aliphatic rings. The van der Waals surface area contributed by atoms with Crippen LogP contribution in [0.15, 0.2) is 18.5 Å². The van der Waals surface area contributed by atoms with Gasteiger partial charge in [-0.2, -0.15) is 0 Å². The molecule has 0 aliphatic carbocycles. The molecule has 3 nitrogen and oxygen atoms in total. The van der Waals surface area contributed by atoms with E-state index in [1.165, 1.54) is 16.6 Å². The van der Waals surface area contributed by atoms with E-state index in [-0.39, 0.29) is 0 Å². The summed E-state index contributed by atoms with van der Waals surface area (Å²) in [6.07, 6.45) is 1.95. The molecule has 0 aliphatic heterocycles. The third-order valence-electron chi connectivity index (χ3n) is 3.81. The molecule has 0 amide bonds. The number of rotatable bonds is 3. The van der Waals surface area contributed by atoms with Crippen LogP contribution in [0, 0.1) is 13.8 Å². The third-order valence-corrected chi connectivity index (χ3v) is 3.81. The Kier molecular flexibility index (Phi) is 3.20. The topological polar surface area (TPSA) is 29.9 Å². The smallest absolute Gasteiger partial charge is 0.0961 e. The molecule has 2 atom stereocenters. The standard InChI is InChI=1S/C14H21N3/c1-9-6-13-14(7-10(9)2)17(8-16-13)12(4)11(3)15-5/h6-8,11-12,15H,1-5H3. The van der Waals surface area contributed by atoms with Gasteiger partial charge in [0.1, 0.15) is 0 Å². The third kappa shape index (κ3) is 2.07. The van der Waals surface area contributed by atoms with E-state index in [9.17, 15) is 0 Å². The number of nitrogens with one attached hydrogen (secondary N) is 1. The van der Waals surface area contributed by atoms with Gasteiger partial charge in [-0.05, 0) is 58.0 Å². The first-order chi connectivity index (χ1) is 8.04. The van der Waals surface area contributed by atoms with Gasteiger partial charge in [0.15, 0.2) is 0 Å². The molecule has 0 saturated carbocycles. The number of aromatic nitrogens is 2. The highest BCUT2D eigenvalue weighted by Gasteiger charge is 2.15. The van der Waals surface area contributed by atoms with Crippen molar-refractivity contribution in [2.45, 2.75) is 39.8 Å². The molecule has 1 aromatic heterocycles. The van der Waals surface area contributed by atoms with Gasteiger partial charge in [-0.25, -0.2) is 4.98 Å². The Morgan fingerprint density at radius 3 is 2.47 bits per heavy atom. The number of benzene rings is 1. The van der Waals surface area contributed by atoms with Gasteiger partial charge in [0.25, 0.3) is 0 Å². The van der Waals surface area contributed by atoms with Gasteiger partial charge in [-0.3, -0.25) is 0 Å². The largest absolute Gasteiger partial charge is 0.326 e. The monoisotopic (exact) mass is 231 g/mol. The van der Waals surface area contributed by atoms with Crippen LogP contribution < -0.4 is 5.32 Å². The molecule has 1 N–H and O–H groups in total. The summed E-state index contributed by atoms with van der Waals surface area (Å²) in [5.74, 6) is 0. The Hall–Kier alpha value is -1.35.